The van der Waals surface area contributed by atoms with E-state index in [-0.39, 0.29) is 5.41 Å². The molecule has 2 aliphatic carbocycles. The van der Waals surface area contributed by atoms with Crippen LogP contribution in [0.5, 0.6) is 0 Å². The second-order valence-corrected chi connectivity index (χ2v) is 31.8. The number of rotatable bonds is 6. The van der Waals surface area contributed by atoms with E-state index < -0.39 is 20.0 Å². The molecule has 0 spiro atoms. The Morgan fingerprint density at radius 1 is 0.545 bits per heavy atom. The van der Waals surface area contributed by atoms with Crippen LogP contribution in [-0.2, 0) is 20.0 Å². The van der Waals surface area contributed by atoms with Gasteiger partial charge in [-0.2, -0.15) is 0 Å². The molecular formula is C43H48Hf. The molecule has 1 fully saturated rings. The number of allylic oxidation sites excluding steroid dienone is 2. The monoisotopic (exact) mass is 744 g/mol. The summed E-state index contributed by atoms with van der Waals surface area (Å²) in [6, 6.07) is 28.2. The third kappa shape index (κ3) is 4.17. The number of benzene rings is 4. The summed E-state index contributed by atoms with van der Waals surface area (Å²) in [5, 5.41) is 0. The maximum atomic E-state index is 2.80. The summed E-state index contributed by atoms with van der Waals surface area (Å²) in [5.41, 5.74) is 21.3. The van der Waals surface area contributed by atoms with Crippen molar-refractivity contribution in [1.29, 1.82) is 0 Å². The zero-order valence-electron chi connectivity index (χ0n) is 28.1. The molecule has 7 rings (SSSR count). The molecule has 3 aliphatic rings. The van der Waals surface area contributed by atoms with Gasteiger partial charge in [0.05, 0.1) is 0 Å². The number of hydrogen-bond donors (Lipinski definition) is 0. The van der Waals surface area contributed by atoms with E-state index in [4.69, 9.17) is 0 Å². The Morgan fingerprint density at radius 3 is 1.34 bits per heavy atom. The molecule has 1 saturated heterocycles. The quantitative estimate of drug-likeness (QED) is 0.173. The van der Waals surface area contributed by atoms with E-state index in [1.807, 2.05) is 0 Å². The van der Waals surface area contributed by atoms with Gasteiger partial charge in [0.15, 0.2) is 0 Å². The average Bonchev–Trinajstić information content (AvgIpc) is 3.61. The fourth-order valence-corrected chi connectivity index (χ4v) is 26.8. The maximum absolute atomic E-state index is 3.12. The third-order valence-corrected chi connectivity index (χ3v) is 27.0. The first-order valence-electron chi connectivity index (χ1n) is 17.0. The van der Waals surface area contributed by atoms with Crippen molar-refractivity contribution < 1.29 is 20.0 Å². The Bertz CT molecular complexity index is 1730. The van der Waals surface area contributed by atoms with Gasteiger partial charge in [-0.1, -0.05) is 0 Å². The summed E-state index contributed by atoms with van der Waals surface area (Å²) in [5.74, 6) is 0. The molecule has 0 radical (unpaired) electrons. The average molecular weight is 743 g/mol. The predicted molar refractivity (Wildman–Crippen MR) is 188 cm³/mol. The van der Waals surface area contributed by atoms with E-state index in [9.17, 15) is 0 Å². The molecule has 0 bridgehead atoms. The minimum atomic E-state index is -3.12. The van der Waals surface area contributed by atoms with Crippen LogP contribution in [0.15, 0.2) is 83.9 Å². The first-order valence-corrected chi connectivity index (χ1v) is 28.3. The van der Waals surface area contributed by atoms with Gasteiger partial charge in [0, 0.05) is 0 Å². The SMILES string of the molecule is CCCC1(CCC)C2=Cc3c(-c4cccc(C)c4C)cccc3[CH]2[Hf]([CH3])([CH3])[CH]2C1=Cc1c(-c3cccc(C)c3C)cccc12. The summed E-state index contributed by atoms with van der Waals surface area (Å²) in [7, 11) is 0. The second kappa shape index (κ2) is 10.9. The van der Waals surface area contributed by atoms with Gasteiger partial charge in [-0.3, -0.25) is 0 Å². The third-order valence-electron chi connectivity index (χ3n) is 11.9. The standard InChI is InChI=1S/C41H42.2CH3.Hf/c1-7-21-41(22-8-2,33-23-31-15-11-19-37(39(31)25-33)35-17-9-13-27(3)29(35)5)34-24-32-16-12-20-38(40(32)26-34)36-18-10-14-28(4)30(36)6;;;/h9-20,23-26H,7-8,21-22H2,1-6H3;2*1H3;. The van der Waals surface area contributed by atoms with E-state index in [0.717, 1.165) is 0 Å². The molecular weight excluding hydrogens is 695 g/mol. The van der Waals surface area contributed by atoms with Gasteiger partial charge in [-0.05, 0) is 0 Å². The van der Waals surface area contributed by atoms with Gasteiger partial charge in [-0.25, -0.2) is 0 Å². The fraction of sp³-hybridized carbons (Fsp3) is 0.349. The van der Waals surface area contributed by atoms with Crippen LogP contribution < -0.4 is 0 Å². The van der Waals surface area contributed by atoms with Crippen molar-refractivity contribution in [2.45, 2.75) is 83.9 Å². The van der Waals surface area contributed by atoms with Crippen molar-refractivity contribution in [3.63, 3.8) is 0 Å². The Balaban J connectivity index is 1.50. The molecule has 0 N–H and O–H groups in total. The Hall–Kier alpha value is -2.77. The van der Waals surface area contributed by atoms with E-state index >= 15 is 0 Å². The molecule has 0 nitrogen and oxygen atoms in total. The van der Waals surface area contributed by atoms with Gasteiger partial charge in [0.2, 0.25) is 0 Å². The Kier molecular flexibility index (Phi) is 7.44. The molecule has 1 heterocycles. The zero-order valence-corrected chi connectivity index (χ0v) is 31.7. The van der Waals surface area contributed by atoms with E-state index in [1.165, 1.54) is 81.3 Å². The number of hydrogen-bond acceptors (Lipinski definition) is 0. The normalized spacial score (nSPS) is 20.4. The van der Waals surface area contributed by atoms with Gasteiger partial charge >= 0.3 is 272 Å². The van der Waals surface area contributed by atoms with Gasteiger partial charge in [-0.15, -0.1) is 0 Å². The van der Waals surface area contributed by atoms with Crippen LogP contribution in [0.1, 0.15) is 91.4 Å². The molecule has 2 unspecified atom stereocenters. The second-order valence-electron chi connectivity index (χ2n) is 14.6. The summed E-state index contributed by atoms with van der Waals surface area (Å²) < 4.78 is 6.84. The van der Waals surface area contributed by atoms with Crippen molar-refractivity contribution in [1.82, 2.24) is 0 Å². The molecule has 4 aromatic rings. The number of aryl methyl sites for hydroxylation is 2. The van der Waals surface area contributed by atoms with Crippen LogP contribution in [0, 0.1) is 33.1 Å². The molecule has 4 aromatic carbocycles. The Morgan fingerprint density at radius 2 is 0.932 bits per heavy atom. The molecule has 44 heavy (non-hydrogen) atoms. The van der Waals surface area contributed by atoms with Crippen LogP contribution in [0.3, 0.4) is 0 Å². The molecule has 0 amide bonds. The predicted octanol–water partition coefficient (Wildman–Crippen LogP) is 12.7. The van der Waals surface area contributed by atoms with E-state index in [0.29, 0.717) is 7.35 Å². The molecule has 1 heteroatoms. The van der Waals surface area contributed by atoms with Crippen LogP contribution in [0.4, 0.5) is 0 Å². The van der Waals surface area contributed by atoms with E-state index in [2.05, 4.69) is 136 Å². The molecule has 2 atom stereocenters. The molecule has 224 valence electrons. The summed E-state index contributed by atoms with van der Waals surface area (Å²) in [4.78, 5) is 0. The molecule has 1 aliphatic heterocycles. The molecule has 0 aromatic heterocycles. The summed E-state index contributed by atoms with van der Waals surface area (Å²) >= 11 is -3.12. The van der Waals surface area contributed by atoms with E-state index in [1.54, 1.807) is 22.3 Å². The van der Waals surface area contributed by atoms with Crippen LogP contribution in [-0.4, -0.2) is 0 Å². The van der Waals surface area contributed by atoms with Crippen LogP contribution >= 0.6 is 0 Å². The fourth-order valence-electron chi connectivity index (χ4n) is 9.68. The van der Waals surface area contributed by atoms with Crippen LogP contribution in [0.25, 0.3) is 34.4 Å². The zero-order chi connectivity index (χ0) is 31.0. The van der Waals surface area contributed by atoms with Crippen molar-refractivity contribution >= 4 is 12.2 Å². The van der Waals surface area contributed by atoms with Gasteiger partial charge < -0.3 is 0 Å². The minimum absolute atomic E-state index is 0.129. The first kappa shape index (κ1) is 29.9. The summed E-state index contributed by atoms with van der Waals surface area (Å²) in [6.07, 6.45) is 10.4. The van der Waals surface area contributed by atoms with Gasteiger partial charge in [0.1, 0.15) is 0 Å². The van der Waals surface area contributed by atoms with Crippen molar-refractivity contribution in [2.75, 3.05) is 0 Å². The van der Waals surface area contributed by atoms with Crippen molar-refractivity contribution in [2.24, 2.45) is 5.41 Å². The molecule has 0 saturated carbocycles. The first-order chi connectivity index (χ1) is 21.2. The van der Waals surface area contributed by atoms with Crippen LogP contribution in [0.2, 0.25) is 9.36 Å². The Labute approximate surface area is 270 Å². The van der Waals surface area contributed by atoms with Gasteiger partial charge in [0.25, 0.3) is 0 Å². The topological polar surface area (TPSA) is 0 Å². The van der Waals surface area contributed by atoms with Crippen molar-refractivity contribution in [3.05, 3.63) is 128 Å². The number of fused-ring (bicyclic) bond motifs is 6. The van der Waals surface area contributed by atoms with Crippen molar-refractivity contribution in [3.8, 4) is 22.3 Å². The summed E-state index contributed by atoms with van der Waals surface area (Å²) in [6.45, 7) is 14.0.